The van der Waals surface area contributed by atoms with Gasteiger partial charge in [0.1, 0.15) is 5.75 Å². The van der Waals surface area contributed by atoms with Gasteiger partial charge in [-0.05, 0) is 25.6 Å². The van der Waals surface area contributed by atoms with Gasteiger partial charge in [0.05, 0.1) is 11.9 Å². The Kier molecular flexibility index (Phi) is 4.44. The van der Waals surface area contributed by atoms with Gasteiger partial charge < -0.3 is 5.11 Å². The van der Waals surface area contributed by atoms with Crippen LogP contribution in [0.25, 0.3) is 11.3 Å². The zero-order valence-electron chi connectivity index (χ0n) is 13.5. The van der Waals surface area contributed by atoms with Gasteiger partial charge in [-0.3, -0.25) is 10.00 Å². The third-order valence-corrected chi connectivity index (χ3v) is 3.90. The van der Waals surface area contributed by atoms with Crippen molar-refractivity contribution in [1.29, 1.82) is 0 Å². The Bertz CT molecular complexity index is 780. The van der Waals surface area contributed by atoms with Gasteiger partial charge in [-0.25, -0.2) is 0 Å². The average Bonchev–Trinajstić information content (AvgIpc) is 3.00. The molecule has 0 unspecified atom stereocenters. The van der Waals surface area contributed by atoms with Gasteiger partial charge in [0.15, 0.2) is 0 Å². The molecule has 3 rings (SSSR count). The molecule has 23 heavy (non-hydrogen) atoms. The third kappa shape index (κ3) is 3.60. The van der Waals surface area contributed by atoms with Crippen molar-refractivity contribution in [2.75, 3.05) is 7.05 Å². The van der Waals surface area contributed by atoms with Crippen LogP contribution >= 0.6 is 0 Å². The van der Waals surface area contributed by atoms with E-state index >= 15 is 0 Å². The van der Waals surface area contributed by atoms with Crippen LogP contribution in [-0.4, -0.2) is 27.3 Å². The van der Waals surface area contributed by atoms with Crippen molar-refractivity contribution in [2.24, 2.45) is 0 Å². The summed E-state index contributed by atoms with van der Waals surface area (Å²) in [6.45, 7) is 3.48. The average molecular weight is 307 g/mol. The van der Waals surface area contributed by atoms with E-state index in [9.17, 15) is 5.11 Å². The largest absolute Gasteiger partial charge is 0.508 e. The molecule has 0 aliphatic carbocycles. The molecule has 2 aromatic carbocycles. The molecule has 0 atom stereocenters. The van der Waals surface area contributed by atoms with Gasteiger partial charge >= 0.3 is 0 Å². The van der Waals surface area contributed by atoms with Crippen molar-refractivity contribution in [3.63, 3.8) is 0 Å². The second kappa shape index (κ2) is 6.67. The molecule has 0 saturated heterocycles. The zero-order valence-corrected chi connectivity index (χ0v) is 13.5. The number of aromatic nitrogens is 2. The fourth-order valence-electron chi connectivity index (χ4n) is 2.76. The molecule has 4 nitrogen and oxygen atoms in total. The lowest BCUT2D eigenvalue weighted by Gasteiger charge is -2.18. The van der Waals surface area contributed by atoms with Gasteiger partial charge in [0.2, 0.25) is 0 Å². The standard InChI is InChI=1S/C19H21N3O/c1-14-8-9-18(23)16(10-14)12-22(2)13-17-11-20-21-19(17)15-6-4-3-5-7-15/h3-11,23H,12-13H2,1-2H3,(H,20,21). The molecule has 0 fully saturated rings. The van der Waals surface area contributed by atoms with E-state index in [1.165, 1.54) is 0 Å². The molecular formula is C19H21N3O. The quantitative estimate of drug-likeness (QED) is 0.755. The van der Waals surface area contributed by atoms with Crippen LogP contribution in [0.3, 0.4) is 0 Å². The summed E-state index contributed by atoms with van der Waals surface area (Å²) in [6, 6.07) is 15.9. The Morgan fingerprint density at radius 1 is 1.04 bits per heavy atom. The number of benzene rings is 2. The minimum atomic E-state index is 0.345. The Balaban J connectivity index is 1.75. The van der Waals surface area contributed by atoms with Crippen LogP contribution in [0.15, 0.2) is 54.7 Å². The highest BCUT2D eigenvalue weighted by Crippen LogP contribution is 2.24. The normalized spacial score (nSPS) is 11.1. The highest BCUT2D eigenvalue weighted by Gasteiger charge is 2.11. The van der Waals surface area contributed by atoms with Crippen molar-refractivity contribution in [3.05, 3.63) is 71.4 Å². The summed E-state index contributed by atoms with van der Waals surface area (Å²) in [7, 11) is 2.05. The lowest BCUT2D eigenvalue weighted by molar-refractivity contribution is 0.313. The molecule has 0 radical (unpaired) electrons. The second-order valence-corrected chi connectivity index (χ2v) is 5.94. The molecule has 4 heteroatoms. The predicted octanol–water partition coefficient (Wildman–Crippen LogP) is 3.72. The number of phenolic OH excluding ortho intramolecular Hbond substituents is 1. The van der Waals surface area contributed by atoms with Crippen LogP contribution in [0, 0.1) is 6.92 Å². The molecule has 0 aliphatic heterocycles. The van der Waals surface area contributed by atoms with E-state index in [2.05, 4.69) is 27.2 Å². The number of nitrogens with one attached hydrogen (secondary N) is 1. The zero-order chi connectivity index (χ0) is 16.2. The first-order valence-corrected chi connectivity index (χ1v) is 7.68. The first-order chi connectivity index (χ1) is 11.1. The van der Waals surface area contributed by atoms with Crippen molar-refractivity contribution in [1.82, 2.24) is 15.1 Å². The van der Waals surface area contributed by atoms with Crippen LogP contribution in [0.2, 0.25) is 0 Å². The number of aromatic hydroxyl groups is 1. The highest BCUT2D eigenvalue weighted by molar-refractivity contribution is 5.62. The van der Waals surface area contributed by atoms with Crippen molar-refractivity contribution in [3.8, 4) is 17.0 Å². The van der Waals surface area contributed by atoms with Crippen LogP contribution in [0.1, 0.15) is 16.7 Å². The SMILES string of the molecule is Cc1ccc(O)c(CN(C)Cc2cn[nH]c2-c2ccccc2)c1. The molecule has 0 spiro atoms. The molecule has 0 amide bonds. The van der Waals surface area contributed by atoms with E-state index in [0.29, 0.717) is 12.3 Å². The first-order valence-electron chi connectivity index (χ1n) is 7.68. The summed E-state index contributed by atoms with van der Waals surface area (Å²) in [5.74, 6) is 0.345. The first kappa shape index (κ1) is 15.3. The second-order valence-electron chi connectivity index (χ2n) is 5.94. The van der Waals surface area contributed by atoms with Crippen molar-refractivity contribution < 1.29 is 5.11 Å². The van der Waals surface area contributed by atoms with Gasteiger partial charge in [-0.2, -0.15) is 5.10 Å². The van der Waals surface area contributed by atoms with Crippen LogP contribution < -0.4 is 0 Å². The van der Waals surface area contributed by atoms with Crippen molar-refractivity contribution >= 4 is 0 Å². The van der Waals surface area contributed by atoms with Crippen molar-refractivity contribution in [2.45, 2.75) is 20.0 Å². The topological polar surface area (TPSA) is 52.1 Å². The molecule has 0 aliphatic rings. The maximum absolute atomic E-state index is 10.00. The lowest BCUT2D eigenvalue weighted by Crippen LogP contribution is -2.17. The van der Waals surface area contributed by atoms with E-state index in [4.69, 9.17) is 0 Å². The maximum Gasteiger partial charge on any atom is 0.120 e. The van der Waals surface area contributed by atoms with E-state index < -0.39 is 0 Å². The minimum absolute atomic E-state index is 0.345. The maximum atomic E-state index is 10.00. The van der Waals surface area contributed by atoms with Crippen LogP contribution in [0.4, 0.5) is 0 Å². The van der Waals surface area contributed by atoms with E-state index in [0.717, 1.165) is 34.5 Å². The van der Waals surface area contributed by atoms with E-state index in [-0.39, 0.29) is 0 Å². The van der Waals surface area contributed by atoms with Gasteiger partial charge in [0, 0.05) is 24.2 Å². The van der Waals surface area contributed by atoms with Gasteiger partial charge in [0.25, 0.3) is 0 Å². The molecule has 1 aromatic heterocycles. The molecular weight excluding hydrogens is 286 g/mol. The number of aromatic amines is 1. The number of H-pyrrole nitrogens is 1. The van der Waals surface area contributed by atoms with Gasteiger partial charge in [-0.1, -0.05) is 48.0 Å². The molecule has 118 valence electrons. The Hall–Kier alpha value is -2.59. The number of rotatable bonds is 5. The lowest BCUT2D eigenvalue weighted by atomic mass is 10.1. The minimum Gasteiger partial charge on any atom is -0.508 e. The highest BCUT2D eigenvalue weighted by atomic mass is 16.3. The number of hydrogen-bond donors (Lipinski definition) is 2. The summed E-state index contributed by atoms with van der Waals surface area (Å²) in [6.07, 6.45) is 1.87. The monoisotopic (exact) mass is 307 g/mol. The molecule has 1 heterocycles. The molecule has 2 N–H and O–H groups in total. The number of hydrogen-bond acceptors (Lipinski definition) is 3. The summed E-state index contributed by atoms with van der Waals surface area (Å²) in [5.41, 5.74) is 5.42. The predicted molar refractivity (Wildman–Crippen MR) is 92.0 cm³/mol. The fraction of sp³-hybridized carbons (Fsp3) is 0.211. The Morgan fingerprint density at radius 2 is 1.78 bits per heavy atom. The van der Waals surface area contributed by atoms with Gasteiger partial charge in [-0.15, -0.1) is 0 Å². The summed E-state index contributed by atoms with van der Waals surface area (Å²) in [5, 5.41) is 17.3. The number of nitrogens with zero attached hydrogens (tertiary/aromatic N) is 2. The molecule has 0 bridgehead atoms. The third-order valence-electron chi connectivity index (χ3n) is 3.90. The summed E-state index contributed by atoms with van der Waals surface area (Å²) >= 11 is 0. The van der Waals surface area contributed by atoms with E-state index in [1.807, 2.05) is 50.5 Å². The van der Waals surface area contributed by atoms with E-state index in [1.54, 1.807) is 6.07 Å². The molecule has 0 saturated carbocycles. The smallest absolute Gasteiger partial charge is 0.120 e. The summed E-state index contributed by atoms with van der Waals surface area (Å²) < 4.78 is 0. The summed E-state index contributed by atoms with van der Waals surface area (Å²) in [4.78, 5) is 2.17. The Morgan fingerprint density at radius 3 is 2.57 bits per heavy atom. The van der Waals surface area contributed by atoms with Crippen LogP contribution in [0.5, 0.6) is 5.75 Å². The fourth-order valence-corrected chi connectivity index (χ4v) is 2.76. The number of phenols is 1. The molecule has 3 aromatic rings. The van der Waals surface area contributed by atoms with Crippen LogP contribution in [-0.2, 0) is 13.1 Å². The Labute approximate surface area is 136 Å². The number of aryl methyl sites for hydroxylation is 1.